The van der Waals surface area contributed by atoms with E-state index in [2.05, 4.69) is 15.5 Å². The van der Waals surface area contributed by atoms with Gasteiger partial charge in [0, 0.05) is 10.7 Å². The fourth-order valence-electron chi connectivity index (χ4n) is 2.86. The Morgan fingerprint density at radius 1 is 1.55 bits per heavy atom. The molecule has 0 bridgehead atoms. The van der Waals surface area contributed by atoms with Gasteiger partial charge in [0.15, 0.2) is 10.8 Å². The van der Waals surface area contributed by atoms with Crippen molar-refractivity contribution in [1.82, 2.24) is 15.2 Å². The van der Waals surface area contributed by atoms with Crippen LogP contribution in [0.1, 0.15) is 12.6 Å². The van der Waals surface area contributed by atoms with Gasteiger partial charge in [-0.3, -0.25) is 19.9 Å². The summed E-state index contributed by atoms with van der Waals surface area (Å²) in [6.45, 7) is 1.84. The van der Waals surface area contributed by atoms with Crippen molar-refractivity contribution in [1.29, 1.82) is 5.41 Å². The Kier molecular flexibility index (Phi) is 7.88. The number of carbonyl (C=O) groups excluding carboxylic acids is 2. The van der Waals surface area contributed by atoms with Crippen LogP contribution in [0.2, 0.25) is 4.34 Å². The summed E-state index contributed by atoms with van der Waals surface area (Å²) >= 11 is 9.40. The molecule has 33 heavy (non-hydrogen) atoms. The molecule has 1 saturated heterocycles. The van der Waals surface area contributed by atoms with Crippen LogP contribution in [0.5, 0.6) is 0 Å². The molecule has 0 saturated carbocycles. The molecule has 2 aliphatic rings. The lowest BCUT2D eigenvalue weighted by Gasteiger charge is -2.49. The summed E-state index contributed by atoms with van der Waals surface area (Å²) in [6, 6.07) is -0.988. The average Bonchev–Trinajstić information content (AvgIpc) is 3.08. The van der Waals surface area contributed by atoms with E-state index in [0.29, 0.717) is 4.91 Å². The predicted molar refractivity (Wildman–Crippen MR) is 128 cm³/mol. The van der Waals surface area contributed by atoms with Crippen molar-refractivity contribution < 1.29 is 24.3 Å². The number of nitrogen functional groups attached to an aromatic ring is 1. The van der Waals surface area contributed by atoms with E-state index in [0.717, 1.165) is 28.0 Å². The topological polar surface area (TPSA) is 197 Å². The lowest BCUT2D eigenvalue weighted by Crippen LogP contribution is -2.71. The number of nitrogens with two attached hydrogens (primary N) is 2. The number of hydrogen-bond acceptors (Lipinski definition) is 11. The quantitative estimate of drug-likeness (QED) is 0.132. The third kappa shape index (κ3) is 5.26. The fraction of sp³-hybridized carbons (Fsp3) is 0.294. The van der Waals surface area contributed by atoms with E-state index < -0.39 is 29.2 Å². The summed E-state index contributed by atoms with van der Waals surface area (Å²) < 4.78 is 0.131. The number of thiazole rings is 1. The van der Waals surface area contributed by atoms with E-state index in [9.17, 15) is 19.5 Å². The second kappa shape index (κ2) is 10.5. The van der Waals surface area contributed by atoms with Crippen molar-refractivity contribution >= 4 is 80.9 Å². The number of hydrogen-bond donors (Lipinski definition) is 5. The number of anilines is 1. The maximum Gasteiger partial charge on any atom is 0.353 e. The molecule has 0 spiro atoms. The normalized spacial score (nSPS) is 20.5. The third-order valence-electron chi connectivity index (χ3n) is 4.21. The van der Waals surface area contributed by atoms with Gasteiger partial charge in [0.2, 0.25) is 0 Å². The fourth-order valence-corrected chi connectivity index (χ4v) is 6.14. The number of nitrogens with one attached hydrogen (secondary N) is 2. The number of carboxylic acid groups (broad SMARTS) is 1. The molecular weight excluding hydrogens is 514 g/mol. The highest BCUT2D eigenvalue weighted by molar-refractivity contribution is 8.08. The minimum Gasteiger partial charge on any atom is -0.477 e. The second-order valence-corrected chi connectivity index (χ2v) is 10.1. The first kappa shape index (κ1) is 24.9. The van der Waals surface area contributed by atoms with Gasteiger partial charge in [-0.25, -0.2) is 9.78 Å². The molecule has 7 N–H and O–H groups in total. The molecule has 2 amide bonds. The van der Waals surface area contributed by atoms with E-state index in [-0.39, 0.29) is 44.8 Å². The number of thioether (sulfide) groups is 2. The molecule has 2 atom stereocenters. The highest BCUT2D eigenvalue weighted by Crippen LogP contribution is 2.43. The van der Waals surface area contributed by atoms with E-state index in [1.54, 1.807) is 6.92 Å². The molecule has 16 heteroatoms. The maximum atomic E-state index is 12.9. The van der Waals surface area contributed by atoms with Gasteiger partial charge >= 0.3 is 5.97 Å². The van der Waals surface area contributed by atoms with Gasteiger partial charge in [0.05, 0.1) is 0 Å². The zero-order chi connectivity index (χ0) is 24.3. The summed E-state index contributed by atoms with van der Waals surface area (Å²) in [4.78, 5) is 48.1. The Balaban J connectivity index is 1.80. The van der Waals surface area contributed by atoms with Crippen LogP contribution in [0.4, 0.5) is 5.13 Å². The summed E-state index contributed by atoms with van der Waals surface area (Å²) in [6.07, 6.45) is 1.31. The zero-order valence-electron chi connectivity index (χ0n) is 16.9. The van der Waals surface area contributed by atoms with Crippen molar-refractivity contribution in [3.05, 3.63) is 32.1 Å². The minimum atomic E-state index is -1.28. The number of carbonyl (C=O) groups is 3. The van der Waals surface area contributed by atoms with Gasteiger partial charge in [-0.1, -0.05) is 39.9 Å². The summed E-state index contributed by atoms with van der Waals surface area (Å²) in [5.41, 5.74) is 10.5. The maximum absolute atomic E-state index is 12.9. The summed E-state index contributed by atoms with van der Waals surface area (Å²) in [5, 5.41) is 24.2. The average molecular weight is 532 g/mol. The third-order valence-corrected chi connectivity index (χ3v) is 7.65. The van der Waals surface area contributed by atoms with Crippen LogP contribution in [0, 0.1) is 5.41 Å². The molecule has 1 aromatic heterocycles. The van der Waals surface area contributed by atoms with E-state index in [1.165, 1.54) is 23.2 Å². The number of aliphatic carboxylic acids is 1. The first-order valence-electron chi connectivity index (χ1n) is 9.17. The Morgan fingerprint density at radius 3 is 2.85 bits per heavy atom. The molecule has 0 radical (unpaired) electrons. The second-order valence-electron chi connectivity index (χ2n) is 6.35. The molecule has 2 aliphatic heterocycles. The van der Waals surface area contributed by atoms with Crippen LogP contribution in [0.15, 0.2) is 27.2 Å². The number of oxime groups is 1. The molecule has 176 valence electrons. The van der Waals surface area contributed by atoms with Gasteiger partial charge in [0.25, 0.3) is 11.8 Å². The van der Waals surface area contributed by atoms with Gasteiger partial charge in [-0.2, -0.15) is 0 Å². The first-order valence-corrected chi connectivity index (χ1v) is 12.3. The largest absolute Gasteiger partial charge is 0.477 e. The van der Waals surface area contributed by atoms with Gasteiger partial charge < -0.3 is 26.7 Å². The minimum absolute atomic E-state index is 0.0205. The monoisotopic (exact) mass is 531 g/mol. The van der Waals surface area contributed by atoms with Crippen molar-refractivity contribution in [2.75, 3.05) is 18.1 Å². The predicted octanol–water partition coefficient (Wildman–Crippen LogP) is 0.998. The molecule has 12 nitrogen and oxygen atoms in total. The number of rotatable bonds is 9. The Labute approximate surface area is 204 Å². The number of fused-ring (bicyclic) bond motifs is 1. The van der Waals surface area contributed by atoms with Gasteiger partial charge in [-0.05, 0) is 18.4 Å². The highest BCUT2D eigenvalue weighted by atomic mass is 35.5. The van der Waals surface area contributed by atoms with Gasteiger partial charge in [0.1, 0.15) is 39.6 Å². The molecule has 3 heterocycles. The SMILES string of the molecule is CCO/N=C(\C(=O)NC1C(=O)N2C(C(=O)O)=C(S/C=C/C(=N)N)CS[C@H]12)c1nc(N)sc1Cl. The van der Waals surface area contributed by atoms with Crippen molar-refractivity contribution in [2.24, 2.45) is 10.9 Å². The van der Waals surface area contributed by atoms with E-state index in [4.69, 9.17) is 33.3 Å². The molecule has 1 aromatic rings. The van der Waals surface area contributed by atoms with E-state index in [1.807, 2.05) is 0 Å². The standard InChI is InChI=1S/C17H18ClN7O5S3/c1-2-30-24-9(8-12(18)33-17(21)23-8)13(26)22-10-14(27)25-11(16(28)29)6(5-32-15(10)25)31-4-3-7(19)20/h3-4,10,15H,2,5H2,1H3,(H3,19,20)(H2,21,23)(H,22,26)(H,28,29)/b4-3+,24-9-/t10?,15-/m1/s1. The number of halogens is 1. The van der Waals surface area contributed by atoms with Crippen LogP contribution >= 0.6 is 46.5 Å². The number of amides is 2. The molecule has 0 aromatic carbocycles. The molecule has 0 aliphatic carbocycles. The first-order chi connectivity index (χ1) is 15.6. The number of nitrogens with zero attached hydrogens (tertiary/aromatic N) is 3. The molecule has 1 fully saturated rings. The van der Waals surface area contributed by atoms with E-state index >= 15 is 0 Å². The Morgan fingerprint density at radius 2 is 2.27 bits per heavy atom. The number of carboxylic acids is 1. The lowest BCUT2D eigenvalue weighted by atomic mass is 10.0. The summed E-state index contributed by atoms with van der Waals surface area (Å²) in [7, 11) is 0. The van der Waals surface area contributed by atoms with Crippen LogP contribution in [-0.4, -0.2) is 68.1 Å². The van der Waals surface area contributed by atoms with Crippen LogP contribution < -0.4 is 16.8 Å². The van der Waals surface area contributed by atoms with Gasteiger partial charge in [-0.15, -0.1) is 11.8 Å². The smallest absolute Gasteiger partial charge is 0.353 e. The lowest BCUT2D eigenvalue weighted by molar-refractivity contribution is -0.150. The highest BCUT2D eigenvalue weighted by Gasteiger charge is 2.54. The van der Waals surface area contributed by atoms with Crippen molar-refractivity contribution in [3.8, 4) is 0 Å². The Hall–Kier alpha value is -2.75. The number of β-lactam (4-membered cyclic amide) rings is 1. The van der Waals surface area contributed by atoms with Crippen LogP contribution in [-0.2, 0) is 19.2 Å². The summed E-state index contributed by atoms with van der Waals surface area (Å²) in [5.74, 6) is -2.54. The van der Waals surface area contributed by atoms with Crippen molar-refractivity contribution in [2.45, 2.75) is 18.3 Å². The number of amidine groups is 1. The van der Waals surface area contributed by atoms with Crippen LogP contribution in [0.3, 0.4) is 0 Å². The molecular formula is C17H18ClN7O5S3. The zero-order valence-corrected chi connectivity index (χ0v) is 20.1. The van der Waals surface area contributed by atoms with Crippen LogP contribution in [0.25, 0.3) is 0 Å². The molecule has 3 rings (SSSR count). The Bertz CT molecular complexity index is 1100. The molecule has 1 unspecified atom stereocenters. The van der Waals surface area contributed by atoms with Crippen molar-refractivity contribution in [3.63, 3.8) is 0 Å². The number of aromatic nitrogens is 1.